The molecule has 0 atom stereocenters. The highest BCUT2D eigenvalue weighted by Gasteiger charge is 2.26. The van der Waals surface area contributed by atoms with E-state index in [1.165, 1.54) is 12.8 Å². The number of rotatable bonds is 7. The fourth-order valence-electron chi connectivity index (χ4n) is 3.22. The highest BCUT2D eigenvalue weighted by atomic mass is 35.5. The lowest BCUT2D eigenvalue weighted by Crippen LogP contribution is -2.45. The number of hydrogen-bond acceptors (Lipinski definition) is 3. The van der Waals surface area contributed by atoms with Crippen molar-refractivity contribution in [3.8, 4) is 0 Å². The minimum absolute atomic E-state index is 0. The van der Waals surface area contributed by atoms with Gasteiger partial charge < -0.3 is 10.2 Å². The molecule has 1 aliphatic carbocycles. The van der Waals surface area contributed by atoms with Crippen LogP contribution in [0.2, 0.25) is 0 Å². The van der Waals surface area contributed by atoms with Crippen LogP contribution < -0.4 is 5.32 Å². The fraction of sp³-hybridized carbons (Fsp3) is 0.579. The molecule has 0 unspecified atom stereocenters. The van der Waals surface area contributed by atoms with Gasteiger partial charge in [0.25, 0.3) is 0 Å². The zero-order valence-corrected chi connectivity index (χ0v) is 15.5. The Morgan fingerprint density at radius 1 is 1.08 bits per heavy atom. The van der Waals surface area contributed by atoms with Crippen LogP contribution in [0.4, 0.5) is 8.78 Å². The van der Waals surface area contributed by atoms with Crippen molar-refractivity contribution in [3.63, 3.8) is 0 Å². The first kappa shape index (κ1) is 20.8. The van der Waals surface area contributed by atoms with Crippen LogP contribution in [0, 0.1) is 17.6 Å². The maximum atomic E-state index is 13.6. The largest absolute Gasteiger partial charge is 0.343 e. The van der Waals surface area contributed by atoms with Gasteiger partial charge in [-0.05, 0) is 50.3 Å². The average Bonchev–Trinajstić information content (AvgIpc) is 3.42. The first-order valence-electron chi connectivity index (χ1n) is 9.02. The van der Waals surface area contributed by atoms with Gasteiger partial charge in [-0.2, -0.15) is 0 Å². The molecule has 1 aromatic rings. The van der Waals surface area contributed by atoms with Crippen molar-refractivity contribution >= 4 is 24.1 Å². The zero-order valence-electron chi connectivity index (χ0n) is 14.7. The number of benzene rings is 1. The molecule has 0 bridgehead atoms. The monoisotopic (exact) mass is 386 g/mol. The number of hydrogen-bond donors (Lipinski definition) is 1. The number of nitrogens with zero attached hydrogens (tertiary/aromatic N) is 1. The molecule has 2 aliphatic rings. The lowest BCUT2D eigenvalue weighted by Gasteiger charge is -2.32. The first-order valence-corrected chi connectivity index (χ1v) is 9.02. The van der Waals surface area contributed by atoms with Gasteiger partial charge in [-0.25, -0.2) is 8.78 Å². The summed E-state index contributed by atoms with van der Waals surface area (Å²) in [4.78, 5) is 26.1. The topological polar surface area (TPSA) is 49.4 Å². The van der Waals surface area contributed by atoms with Crippen molar-refractivity contribution in [1.82, 2.24) is 10.2 Å². The van der Waals surface area contributed by atoms with E-state index in [-0.39, 0.29) is 36.7 Å². The second-order valence-corrected chi connectivity index (χ2v) is 7.05. The van der Waals surface area contributed by atoms with Crippen LogP contribution in [0.15, 0.2) is 18.2 Å². The molecule has 0 radical (unpaired) electrons. The molecule has 1 aromatic carbocycles. The zero-order chi connectivity index (χ0) is 17.8. The molecule has 3 rings (SSSR count). The summed E-state index contributed by atoms with van der Waals surface area (Å²) in [6.07, 6.45) is 4.52. The smallest absolute Gasteiger partial charge is 0.223 e. The number of amides is 1. The highest BCUT2D eigenvalue weighted by molar-refractivity contribution is 5.98. The number of halogens is 3. The number of carbonyl (C=O) groups excluding carboxylic acids is 2. The Balaban J connectivity index is 0.00000243. The van der Waals surface area contributed by atoms with Crippen molar-refractivity contribution in [1.29, 1.82) is 0 Å². The van der Waals surface area contributed by atoms with Crippen LogP contribution in [-0.2, 0) is 4.79 Å². The first-order chi connectivity index (χ1) is 12.0. The minimum atomic E-state index is -0.875. The Labute approximate surface area is 158 Å². The van der Waals surface area contributed by atoms with Crippen molar-refractivity contribution in [2.45, 2.75) is 44.6 Å². The Morgan fingerprint density at radius 3 is 2.38 bits per heavy atom. The SMILES string of the molecule is Cl.O=C(CCC(=O)N1CCC(NCC2CC2)CC1)c1ccc(F)cc1F. The summed E-state index contributed by atoms with van der Waals surface area (Å²) in [6, 6.07) is 3.35. The summed E-state index contributed by atoms with van der Waals surface area (Å²) in [5.41, 5.74) is -0.155. The Bertz CT molecular complexity index is 644. The standard InChI is InChI=1S/C19H24F2N2O2.ClH/c20-14-3-4-16(17(21)11-14)18(24)5-6-19(25)23-9-7-15(8-10-23)22-12-13-1-2-13;/h3-4,11,13,15,22H,1-2,5-10,12H2;1H. The Kier molecular flexibility index (Phi) is 7.53. The van der Waals surface area contributed by atoms with E-state index in [2.05, 4.69) is 5.32 Å². The Hall–Kier alpha value is -1.53. The lowest BCUT2D eigenvalue weighted by molar-refractivity contribution is -0.132. The van der Waals surface area contributed by atoms with Crippen molar-refractivity contribution in [2.24, 2.45) is 5.92 Å². The number of nitrogens with one attached hydrogen (secondary N) is 1. The highest BCUT2D eigenvalue weighted by Crippen LogP contribution is 2.28. The van der Waals surface area contributed by atoms with Crippen molar-refractivity contribution in [3.05, 3.63) is 35.4 Å². The molecular weight excluding hydrogens is 362 g/mol. The summed E-state index contributed by atoms with van der Waals surface area (Å²) in [6.45, 7) is 2.47. The van der Waals surface area contributed by atoms with Crippen molar-refractivity contribution < 1.29 is 18.4 Å². The minimum Gasteiger partial charge on any atom is -0.343 e. The third-order valence-corrected chi connectivity index (χ3v) is 5.04. The van der Waals surface area contributed by atoms with E-state index in [9.17, 15) is 18.4 Å². The van der Waals surface area contributed by atoms with Gasteiger partial charge >= 0.3 is 0 Å². The van der Waals surface area contributed by atoms with E-state index in [0.29, 0.717) is 25.2 Å². The summed E-state index contributed by atoms with van der Waals surface area (Å²) < 4.78 is 26.5. The van der Waals surface area contributed by atoms with Gasteiger partial charge in [0.05, 0.1) is 5.56 Å². The van der Waals surface area contributed by atoms with Crippen molar-refractivity contribution in [2.75, 3.05) is 19.6 Å². The van der Waals surface area contributed by atoms with E-state index in [1.807, 2.05) is 0 Å². The summed E-state index contributed by atoms with van der Waals surface area (Å²) in [5, 5.41) is 3.56. The van der Waals surface area contributed by atoms with E-state index in [1.54, 1.807) is 4.90 Å². The van der Waals surface area contributed by atoms with Gasteiger partial charge in [0, 0.05) is 38.0 Å². The van der Waals surface area contributed by atoms with E-state index in [4.69, 9.17) is 0 Å². The number of piperidine rings is 1. The number of ketones is 1. The number of likely N-dealkylation sites (tertiary alicyclic amines) is 1. The summed E-state index contributed by atoms with van der Waals surface area (Å²) in [7, 11) is 0. The molecule has 144 valence electrons. The maximum absolute atomic E-state index is 13.6. The van der Waals surface area contributed by atoms with Gasteiger partial charge in [0.1, 0.15) is 11.6 Å². The lowest BCUT2D eigenvalue weighted by atomic mass is 10.0. The number of Topliss-reactive ketones (excluding diaryl/α,β-unsaturated/α-hetero) is 1. The summed E-state index contributed by atoms with van der Waals surface area (Å²) in [5.74, 6) is -1.29. The molecule has 26 heavy (non-hydrogen) atoms. The Morgan fingerprint density at radius 2 is 1.77 bits per heavy atom. The van der Waals surface area contributed by atoms with E-state index in [0.717, 1.165) is 37.4 Å². The van der Waals surface area contributed by atoms with Crippen LogP contribution >= 0.6 is 12.4 Å². The van der Waals surface area contributed by atoms with Crippen LogP contribution in [0.1, 0.15) is 48.9 Å². The van der Waals surface area contributed by atoms with E-state index < -0.39 is 17.4 Å². The maximum Gasteiger partial charge on any atom is 0.223 e. The van der Waals surface area contributed by atoms with Gasteiger partial charge in [0.15, 0.2) is 5.78 Å². The molecule has 1 saturated carbocycles. The molecule has 4 nitrogen and oxygen atoms in total. The number of carbonyl (C=O) groups is 2. The van der Waals surface area contributed by atoms with Gasteiger partial charge in [-0.3, -0.25) is 9.59 Å². The second kappa shape index (κ2) is 9.42. The molecule has 2 fully saturated rings. The normalized spacial score (nSPS) is 17.7. The third kappa shape index (κ3) is 5.74. The molecule has 1 N–H and O–H groups in total. The fourth-order valence-corrected chi connectivity index (χ4v) is 3.22. The van der Waals surface area contributed by atoms with Crippen LogP contribution in [0.25, 0.3) is 0 Å². The molecule has 7 heteroatoms. The van der Waals surface area contributed by atoms with Gasteiger partial charge in [-0.1, -0.05) is 0 Å². The molecular formula is C19H25ClF2N2O2. The van der Waals surface area contributed by atoms with Gasteiger partial charge in [-0.15, -0.1) is 12.4 Å². The quantitative estimate of drug-likeness (QED) is 0.731. The molecule has 1 heterocycles. The van der Waals surface area contributed by atoms with Gasteiger partial charge in [0.2, 0.25) is 5.91 Å². The molecule has 1 saturated heterocycles. The summed E-state index contributed by atoms with van der Waals surface area (Å²) >= 11 is 0. The molecule has 0 spiro atoms. The molecule has 1 amide bonds. The predicted octanol–water partition coefficient (Wildman–Crippen LogP) is 3.34. The van der Waals surface area contributed by atoms with E-state index >= 15 is 0 Å². The van der Waals surface area contributed by atoms with Crippen LogP contribution in [0.3, 0.4) is 0 Å². The van der Waals surface area contributed by atoms with Crippen LogP contribution in [0.5, 0.6) is 0 Å². The predicted molar refractivity (Wildman–Crippen MR) is 97.5 cm³/mol. The average molecular weight is 387 g/mol. The molecule has 0 aromatic heterocycles. The molecule has 1 aliphatic heterocycles. The second-order valence-electron chi connectivity index (χ2n) is 7.05. The third-order valence-electron chi connectivity index (χ3n) is 5.04. The van der Waals surface area contributed by atoms with Crippen LogP contribution in [-0.4, -0.2) is 42.3 Å².